The smallest absolute Gasteiger partial charge is 0.160 e. The Kier molecular flexibility index (Phi) is 6.10. The summed E-state index contributed by atoms with van der Waals surface area (Å²) >= 11 is 0. The van der Waals surface area contributed by atoms with Gasteiger partial charge in [0.15, 0.2) is 11.5 Å². The van der Waals surface area contributed by atoms with Crippen molar-refractivity contribution in [3.8, 4) is 23.8 Å². The fourth-order valence-electron chi connectivity index (χ4n) is 1.88. The van der Waals surface area contributed by atoms with E-state index in [0.717, 1.165) is 42.7 Å². The van der Waals surface area contributed by atoms with E-state index < -0.39 is 0 Å². The van der Waals surface area contributed by atoms with Gasteiger partial charge in [-0.05, 0) is 37.0 Å². The molecule has 98 valence electrons. The minimum atomic E-state index is 0.136. The van der Waals surface area contributed by atoms with Crippen LogP contribution in [0.5, 0.6) is 11.5 Å². The second kappa shape index (κ2) is 7.62. The van der Waals surface area contributed by atoms with E-state index >= 15 is 0 Å². The van der Waals surface area contributed by atoms with Gasteiger partial charge in [-0.2, -0.15) is 0 Å². The van der Waals surface area contributed by atoms with E-state index in [1.165, 1.54) is 0 Å². The van der Waals surface area contributed by atoms with Crippen molar-refractivity contribution in [2.45, 2.75) is 31.7 Å². The van der Waals surface area contributed by atoms with E-state index in [4.69, 9.17) is 21.6 Å². The molecule has 3 heteroatoms. The number of nitrogens with two attached hydrogens (primary N) is 1. The zero-order valence-electron chi connectivity index (χ0n) is 11.1. The molecule has 0 aliphatic rings. The highest BCUT2D eigenvalue weighted by Gasteiger charge is 2.08. The van der Waals surface area contributed by atoms with E-state index in [9.17, 15) is 0 Å². The number of hydrogen-bond donors (Lipinski definition) is 1. The molecule has 2 N–H and O–H groups in total. The van der Waals surface area contributed by atoms with Crippen LogP contribution in [0, 0.1) is 12.3 Å². The molecule has 1 aromatic carbocycles. The summed E-state index contributed by atoms with van der Waals surface area (Å²) in [5.74, 6) is 4.11. The van der Waals surface area contributed by atoms with Crippen LogP contribution in [0.15, 0.2) is 18.2 Å². The van der Waals surface area contributed by atoms with Crippen LogP contribution >= 0.6 is 0 Å². The van der Waals surface area contributed by atoms with Gasteiger partial charge >= 0.3 is 0 Å². The molecule has 0 bridgehead atoms. The highest BCUT2D eigenvalue weighted by molar-refractivity contribution is 5.43. The number of rotatable bonds is 7. The van der Waals surface area contributed by atoms with E-state index in [1.54, 1.807) is 14.2 Å². The molecule has 1 aromatic rings. The van der Waals surface area contributed by atoms with Crippen molar-refractivity contribution < 1.29 is 9.47 Å². The maximum Gasteiger partial charge on any atom is 0.160 e. The zero-order valence-corrected chi connectivity index (χ0v) is 11.1. The van der Waals surface area contributed by atoms with Crippen molar-refractivity contribution >= 4 is 0 Å². The predicted molar refractivity (Wildman–Crippen MR) is 73.9 cm³/mol. The topological polar surface area (TPSA) is 44.5 Å². The molecule has 0 heterocycles. The molecule has 1 unspecified atom stereocenters. The number of methoxy groups -OCH3 is 2. The van der Waals surface area contributed by atoms with Crippen LogP contribution in [-0.2, 0) is 6.42 Å². The Morgan fingerprint density at radius 1 is 1.28 bits per heavy atom. The minimum Gasteiger partial charge on any atom is -0.493 e. The number of benzene rings is 1. The third kappa shape index (κ3) is 4.31. The molecule has 0 aliphatic carbocycles. The normalized spacial score (nSPS) is 11.7. The van der Waals surface area contributed by atoms with Crippen molar-refractivity contribution in [1.29, 1.82) is 0 Å². The van der Waals surface area contributed by atoms with E-state index in [-0.39, 0.29) is 6.04 Å². The quantitative estimate of drug-likeness (QED) is 0.594. The lowest BCUT2D eigenvalue weighted by molar-refractivity contribution is 0.354. The number of unbranched alkanes of at least 4 members (excludes halogenated alkanes) is 1. The summed E-state index contributed by atoms with van der Waals surface area (Å²) in [5.41, 5.74) is 7.22. The summed E-state index contributed by atoms with van der Waals surface area (Å²) in [6.45, 7) is 0. The van der Waals surface area contributed by atoms with Crippen molar-refractivity contribution in [1.82, 2.24) is 0 Å². The van der Waals surface area contributed by atoms with Crippen LogP contribution in [0.4, 0.5) is 0 Å². The molecule has 0 aliphatic heterocycles. The molecule has 3 nitrogen and oxygen atoms in total. The summed E-state index contributed by atoms with van der Waals surface area (Å²) < 4.78 is 10.5. The van der Waals surface area contributed by atoms with Crippen LogP contribution in [0.2, 0.25) is 0 Å². The van der Waals surface area contributed by atoms with Gasteiger partial charge in [0.1, 0.15) is 0 Å². The average Bonchev–Trinajstić information content (AvgIpc) is 2.39. The zero-order chi connectivity index (χ0) is 13.4. The standard InChI is InChI=1S/C15H21NO2/c1-4-5-6-7-13(16)10-12-8-9-14(17-2)15(11-12)18-3/h1,8-9,11,13H,5-7,10,16H2,2-3H3. The SMILES string of the molecule is C#CCCCC(N)Cc1ccc(OC)c(OC)c1. The first-order valence-electron chi connectivity index (χ1n) is 6.11. The average molecular weight is 247 g/mol. The van der Waals surface area contributed by atoms with Gasteiger partial charge in [0, 0.05) is 12.5 Å². The maximum absolute atomic E-state index is 6.07. The molecule has 0 saturated carbocycles. The molecule has 1 atom stereocenters. The first kappa shape index (κ1) is 14.4. The van der Waals surface area contributed by atoms with E-state index in [1.807, 2.05) is 18.2 Å². The van der Waals surface area contributed by atoms with Gasteiger partial charge < -0.3 is 15.2 Å². The summed E-state index contributed by atoms with van der Waals surface area (Å²) in [7, 11) is 3.26. The molecule has 0 aromatic heterocycles. The molecule has 0 amide bonds. The fourth-order valence-corrected chi connectivity index (χ4v) is 1.88. The summed E-state index contributed by atoms with van der Waals surface area (Å²) in [6, 6.07) is 6.03. The lowest BCUT2D eigenvalue weighted by Gasteiger charge is -2.13. The molecular weight excluding hydrogens is 226 g/mol. The summed E-state index contributed by atoms with van der Waals surface area (Å²) in [5, 5.41) is 0. The van der Waals surface area contributed by atoms with Gasteiger partial charge in [-0.1, -0.05) is 6.07 Å². The lowest BCUT2D eigenvalue weighted by Crippen LogP contribution is -2.22. The maximum atomic E-state index is 6.07. The number of ether oxygens (including phenoxy) is 2. The molecule has 0 spiro atoms. The third-order valence-corrected chi connectivity index (χ3v) is 2.84. The number of terminal acetylenes is 1. The first-order chi connectivity index (χ1) is 8.71. The van der Waals surface area contributed by atoms with Gasteiger partial charge in [0.2, 0.25) is 0 Å². The van der Waals surface area contributed by atoms with Crippen molar-refractivity contribution in [3.05, 3.63) is 23.8 Å². The van der Waals surface area contributed by atoms with E-state index in [2.05, 4.69) is 5.92 Å². The van der Waals surface area contributed by atoms with Crippen molar-refractivity contribution in [2.75, 3.05) is 14.2 Å². The Labute approximate surface area is 109 Å². The van der Waals surface area contributed by atoms with Crippen LogP contribution in [0.1, 0.15) is 24.8 Å². The molecule has 1 rings (SSSR count). The summed E-state index contributed by atoms with van der Waals surface area (Å²) in [4.78, 5) is 0. The minimum absolute atomic E-state index is 0.136. The molecule has 0 saturated heterocycles. The van der Waals surface area contributed by atoms with Crippen LogP contribution in [0.3, 0.4) is 0 Å². The monoisotopic (exact) mass is 247 g/mol. The predicted octanol–water partition coefficient (Wildman–Crippen LogP) is 2.38. The first-order valence-corrected chi connectivity index (χ1v) is 6.11. The Morgan fingerprint density at radius 2 is 2.00 bits per heavy atom. The third-order valence-electron chi connectivity index (χ3n) is 2.84. The second-order valence-corrected chi connectivity index (χ2v) is 4.25. The Hall–Kier alpha value is -1.66. The molecule has 0 fully saturated rings. The van der Waals surface area contributed by atoms with Gasteiger partial charge in [-0.25, -0.2) is 0 Å². The Bertz CT molecular complexity index is 409. The van der Waals surface area contributed by atoms with Crippen molar-refractivity contribution in [3.63, 3.8) is 0 Å². The fraction of sp³-hybridized carbons (Fsp3) is 0.467. The van der Waals surface area contributed by atoms with Gasteiger partial charge in [-0.3, -0.25) is 0 Å². The van der Waals surface area contributed by atoms with Crippen LogP contribution in [0.25, 0.3) is 0 Å². The lowest BCUT2D eigenvalue weighted by atomic mass is 10.0. The summed E-state index contributed by atoms with van der Waals surface area (Å²) in [6.07, 6.45) is 8.75. The highest BCUT2D eigenvalue weighted by atomic mass is 16.5. The van der Waals surface area contributed by atoms with Crippen LogP contribution in [-0.4, -0.2) is 20.3 Å². The highest BCUT2D eigenvalue weighted by Crippen LogP contribution is 2.28. The van der Waals surface area contributed by atoms with E-state index in [0.29, 0.717) is 0 Å². The Balaban J connectivity index is 2.59. The van der Waals surface area contributed by atoms with Gasteiger partial charge in [-0.15, -0.1) is 12.3 Å². The van der Waals surface area contributed by atoms with Crippen LogP contribution < -0.4 is 15.2 Å². The second-order valence-electron chi connectivity index (χ2n) is 4.25. The molecular formula is C15H21NO2. The Morgan fingerprint density at radius 3 is 2.61 bits per heavy atom. The van der Waals surface area contributed by atoms with Gasteiger partial charge in [0.25, 0.3) is 0 Å². The molecule has 18 heavy (non-hydrogen) atoms. The number of hydrogen-bond acceptors (Lipinski definition) is 3. The van der Waals surface area contributed by atoms with Gasteiger partial charge in [0.05, 0.1) is 14.2 Å². The molecule has 0 radical (unpaired) electrons. The largest absolute Gasteiger partial charge is 0.493 e. The van der Waals surface area contributed by atoms with Crippen molar-refractivity contribution in [2.24, 2.45) is 5.73 Å².